The van der Waals surface area contributed by atoms with Gasteiger partial charge >= 0.3 is 0 Å². The van der Waals surface area contributed by atoms with E-state index in [2.05, 4.69) is 12.1 Å². The highest BCUT2D eigenvalue weighted by Crippen LogP contribution is 2.25. The van der Waals surface area contributed by atoms with Gasteiger partial charge in [0.15, 0.2) is 0 Å². The molecule has 0 saturated heterocycles. The summed E-state index contributed by atoms with van der Waals surface area (Å²) in [4.78, 5) is 0. The van der Waals surface area contributed by atoms with Gasteiger partial charge < -0.3 is 10.5 Å². The van der Waals surface area contributed by atoms with E-state index in [1.165, 1.54) is 5.56 Å². The first-order valence-corrected chi connectivity index (χ1v) is 6.32. The van der Waals surface area contributed by atoms with E-state index in [0.717, 1.165) is 12.0 Å². The number of ether oxygens (including phenoxy) is 1. The maximum absolute atomic E-state index is 6.11. The second-order valence-corrected chi connectivity index (χ2v) is 4.46. The number of rotatable bonds is 5. The Bertz CT molecular complexity index is 499. The third-order valence-corrected chi connectivity index (χ3v) is 3.02. The van der Waals surface area contributed by atoms with Crippen molar-refractivity contribution < 1.29 is 4.74 Å². The summed E-state index contributed by atoms with van der Waals surface area (Å²) in [5.74, 6) is 0.713. The van der Waals surface area contributed by atoms with Crippen LogP contribution >= 0.6 is 11.6 Å². The third-order valence-electron chi connectivity index (χ3n) is 2.72. The molecule has 0 aromatic heterocycles. The lowest BCUT2D eigenvalue weighted by molar-refractivity contribution is 0.322. The molecule has 0 aliphatic carbocycles. The molecule has 0 amide bonds. The molecule has 0 saturated carbocycles. The van der Waals surface area contributed by atoms with E-state index in [1.54, 1.807) is 0 Å². The van der Waals surface area contributed by atoms with Crippen LogP contribution in [0.5, 0.6) is 5.75 Å². The Morgan fingerprint density at radius 3 is 2.44 bits per heavy atom. The maximum atomic E-state index is 6.11. The topological polar surface area (TPSA) is 35.2 Å². The van der Waals surface area contributed by atoms with Gasteiger partial charge in [-0.15, -0.1) is 0 Å². The normalized spacial score (nSPS) is 10.3. The lowest BCUT2D eigenvalue weighted by Crippen LogP contribution is -2.02. The molecule has 0 heterocycles. The van der Waals surface area contributed by atoms with Crippen LogP contribution in [-0.4, -0.2) is 6.61 Å². The number of hydrogen-bond donors (Lipinski definition) is 1. The summed E-state index contributed by atoms with van der Waals surface area (Å²) in [6.07, 6.45) is 0.871. The van der Waals surface area contributed by atoms with Crippen LogP contribution in [0.2, 0.25) is 5.02 Å². The fourth-order valence-corrected chi connectivity index (χ4v) is 1.97. The minimum atomic E-state index is 0.490. The van der Waals surface area contributed by atoms with Crippen molar-refractivity contribution in [2.24, 2.45) is 5.73 Å². The van der Waals surface area contributed by atoms with Crippen LogP contribution in [0.4, 0.5) is 0 Å². The summed E-state index contributed by atoms with van der Waals surface area (Å²) in [6.45, 7) is 1.11. The molecule has 2 N–H and O–H groups in total. The third kappa shape index (κ3) is 3.49. The van der Waals surface area contributed by atoms with Crippen molar-refractivity contribution in [2.45, 2.75) is 13.0 Å². The van der Waals surface area contributed by atoms with Crippen molar-refractivity contribution in [1.82, 2.24) is 0 Å². The molecule has 2 rings (SSSR count). The summed E-state index contributed by atoms with van der Waals surface area (Å²) in [5, 5.41) is 0.617. The summed E-state index contributed by atoms with van der Waals surface area (Å²) < 4.78 is 5.67. The lowest BCUT2D eigenvalue weighted by Gasteiger charge is -2.09. The molecule has 0 atom stereocenters. The zero-order valence-electron chi connectivity index (χ0n) is 10.1. The Hall–Kier alpha value is -1.51. The first kappa shape index (κ1) is 12.9. The molecule has 0 bridgehead atoms. The zero-order chi connectivity index (χ0) is 12.8. The molecule has 0 unspecified atom stereocenters. The molecule has 0 spiro atoms. The molecule has 18 heavy (non-hydrogen) atoms. The highest BCUT2D eigenvalue weighted by atomic mass is 35.5. The maximum Gasteiger partial charge on any atom is 0.137 e. The predicted molar refractivity (Wildman–Crippen MR) is 75.0 cm³/mol. The molecule has 0 radical (unpaired) electrons. The average molecular weight is 262 g/mol. The lowest BCUT2D eigenvalue weighted by atomic mass is 10.2. The van der Waals surface area contributed by atoms with Crippen LogP contribution in [-0.2, 0) is 13.0 Å². The largest absolute Gasteiger partial charge is 0.492 e. The Morgan fingerprint density at radius 2 is 1.78 bits per heavy atom. The van der Waals surface area contributed by atoms with Gasteiger partial charge in [-0.25, -0.2) is 0 Å². The first-order chi connectivity index (χ1) is 8.79. The average Bonchev–Trinajstić information content (AvgIpc) is 2.42. The molecular formula is C15H16ClNO. The van der Waals surface area contributed by atoms with Crippen LogP contribution in [0.25, 0.3) is 0 Å². The highest BCUT2D eigenvalue weighted by Gasteiger charge is 2.02. The zero-order valence-corrected chi connectivity index (χ0v) is 10.9. The Morgan fingerprint density at radius 1 is 1.00 bits per heavy atom. The van der Waals surface area contributed by atoms with Crippen LogP contribution in [0.3, 0.4) is 0 Å². The van der Waals surface area contributed by atoms with Crippen LogP contribution in [0.1, 0.15) is 11.1 Å². The van der Waals surface area contributed by atoms with E-state index < -0.39 is 0 Å². The van der Waals surface area contributed by atoms with Gasteiger partial charge in [0.05, 0.1) is 11.6 Å². The molecule has 0 fully saturated rings. The van der Waals surface area contributed by atoms with Gasteiger partial charge in [0.25, 0.3) is 0 Å². The fourth-order valence-electron chi connectivity index (χ4n) is 1.71. The van der Waals surface area contributed by atoms with Gasteiger partial charge in [0.1, 0.15) is 5.75 Å². The van der Waals surface area contributed by atoms with Gasteiger partial charge in [0.2, 0.25) is 0 Å². The van der Waals surface area contributed by atoms with E-state index in [-0.39, 0.29) is 0 Å². The van der Waals surface area contributed by atoms with E-state index in [9.17, 15) is 0 Å². The molecule has 3 heteroatoms. The Kier molecular flexibility index (Phi) is 4.62. The minimum absolute atomic E-state index is 0.490. The van der Waals surface area contributed by atoms with Crippen molar-refractivity contribution in [3.8, 4) is 5.75 Å². The molecule has 0 aliphatic heterocycles. The standard InChI is InChI=1S/C15H16ClNO/c16-14-10-13(11-17)6-7-15(14)18-9-8-12-4-2-1-3-5-12/h1-7,10H,8-9,11,17H2. The van der Waals surface area contributed by atoms with Gasteiger partial charge in [-0.2, -0.15) is 0 Å². The first-order valence-electron chi connectivity index (χ1n) is 5.95. The van der Waals surface area contributed by atoms with Crippen LogP contribution < -0.4 is 10.5 Å². The molecule has 2 aromatic rings. The molecule has 2 aromatic carbocycles. The van der Waals surface area contributed by atoms with E-state index in [4.69, 9.17) is 22.1 Å². The molecule has 2 nitrogen and oxygen atoms in total. The number of benzene rings is 2. The quantitative estimate of drug-likeness (QED) is 0.895. The fraction of sp³-hybridized carbons (Fsp3) is 0.200. The van der Waals surface area contributed by atoms with E-state index >= 15 is 0 Å². The van der Waals surface area contributed by atoms with E-state index in [1.807, 2.05) is 36.4 Å². The Labute approximate surface area is 112 Å². The molecular weight excluding hydrogens is 246 g/mol. The van der Waals surface area contributed by atoms with Crippen molar-refractivity contribution in [1.29, 1.82) is 0 Å². The van der Waals surface area contributed by atoms with Gasteiger partial charge in [0, 0.05) is 13.0 Å². The van der Waals surface area contributed by atoms with Gasteiger partial charge in [-0.3, -0.25) is 0 Å². The van der Waals surface area contributed by atoms with E-state index in [0.29, 0.717) is 23.9 Å². The van der Waals surface area contributed by atoms with Crippen molar-refractivity contribution in [3.63, 3.8) is 0 Å². The monoisotopic (exact) mass is 261 g/mol. The molecule has 94 valence electrons. The van der Waals surface area contributed by atoms with Gasteiger partial charge in [-0.1, -0.05) is 48.0 Å². The predicted octanol–water partition coefficient (Wildman–Crippen LogP) is 3.42. The van der Waals surface area contributed by atoms with Crippen molar-refractivity contribution >= 4 is 11.6 Å². The second kappa shape index (κ2) is 6.43. The minimum Gasteiger partial charge on any atom is -0.492 e. The number of hydrogen-bond acceptors (Lipinski definition) is 2. The smallest absolute Gasteiger partial charge is 0.137 e. The van der Waals surface area contributed by atoms with Crippen molar-refractivity contribution in [2.75, 3.05) is 6.61 Å². The molecule has 0 aliphatic rings. The number of halogens is 1. The van der Waals surface area contributed by atoms with Crippen LogP contribution in [0, 0.1) is 0 Å². The summed E-state index contributed by atoms with van der Waals surface area (Å²) in [5.41, 5.74) is 7.81. The summed E-state index contributed by atoms with van der Waals surface area (Å²) >= 11 is 6.11. The SMILES string of the molecule is NCc1ccc(OCCc2ccccc2)c(Cl)c1. The van der Waals surface area contributed by atoms with Crippen LogP contribution in [0.15, 0.2) is 48.5 Å². The number of nitrogens with two attached hydrogens (primary N) is 1. The summed E-state index contributed by atoms with van der Waals surface area (Å²) in [6, 6.07) is 15.9. The van der Waals surface area contributed by atoms with Crippen molar-refractivity contribution in [3.05, 3.63) is 64.7 Å². The second-order valence-electron chi connectivity index (χ2n) is 4.05. The Balaban J connectivity index is 1.91. The summed E-state index contributed by atoms with van der Waals surface area (Å²) in [7, 11) is 0. The van der Waals surface area contributed by atoms with Gasteiger partial charge in [-0.05, 0) is 23.3 Å². The highest BCUT2D eigenvalue weighted by molar-refractivity contribution is 6.32.